The minimum atomic E-state index is -1.09. The van der Waals surface area contributed by atoms with Gasteiger partial charge in [-0.3, -0.25) is 0 Å². The average Bonchev–Trinajstić information content (AvgIpc) is 2.82. The molecule has 1 N–H and O–H groups in total. The number of aryl methyl sites for hydroxylation is 1. The van der Waals surface area contributed by atoms with Gasteiger partial charge >= 0.3 is 5.97 Å². The molecule has 1 heterocycles. The van der Waals surface area contributed by atoms with Gasteiger partial charge in [0, 0.05) is 0 Å². The van der Waals surface area contributed by atoms with Crippen LogP contribution in [0.4, 0.5) is 0 Å². The van der Waals surface area contributed by atoms with Crippen molar-refractivity contribution in [3.63, 3.8) is 0 Å². The standard InChI is InChI=1S/C14H13BrO4/c1-8-3-4-12(10(15)7-8)18-9(2)11-5-6-13(19-11)14(16)17/h3-7,9H,1-2H3,(H,16,17). The van der Waals surface area contributed by atoms with E-state index in [1.807, 2.05) is 25.1 Å². The van der Waals surface area contributed by atoms with E-state index in [4.69, 9.17) is 14.3 Å². The van der Waals surface area contributed by atoms with Gasteiger partial charge in [0.05, 0.1) is 4.47 Å². The number of ether oxygens (including phenoxy) is 1. The molecule has 0 saturated carbocycles. The topological polar surface area (TPSA) is 59.7 Å². The van der Waals surface area contributed by atoms with E-state index < -0.39 is 5.97 Å². The molecular weight excluding hydrogens is 312 g/mol. The van der Waals surface area contributed by atoms with Gasteiger partial charge < -0.3 is 14.3 Å². The van der Waals surface area contributed by atoms with Crippen LogP contribution in [0.5, 0.6) is 5.75 Å². The zero-order valence-corrected chi connectivity index (χ0v) is 12.1. The fraction of sp³-hybridized carbons (Fsp3) is 0.214. The van der Waals surface area contributed by atoms with E-state index in [9.17, 15) is 4.79 Å². The van der Waals surface area contributed by atoms with E-state index in [-0.39, 0.29) is 11.9 Å². The summed E-state index contributed by atoms with van der Waals surface area (Å²) >= 11 is 3.43. The van der Waals surface area contributed by atoms with Crippen molar-refractivity contribution in [1.29, 1.82) is 0 Å². The second-order valence-electron chi connectivity index (χ2n) is 4.20. The van der Waals surface area contributed by atoms with Crippen LogP contribution in [0, 0.1) is 6.92 Å². The highest BCUT2D eigenvalue weighted by Gasteiger charge is 2.16. The largest absolute Gasteiger partial charge is 0.482 e. The summed E-state index contributed by atoms with van der Waals surface area (Å²) in [6.45, 7) is 3.79. The third-order valence-corrected chi connectivity index (χ3v) is 3.25. The number of rotatable bonds is 4. The smallest absolute Gasteiger partial charge is 0.371 e. The molecule has 1 aromatic heterocycles. The predicted octanol–water partition coefficient (Wildman–Crippen LogP) is 4.19. The Morgan fingerprint density at radius 1 is 1.37 bits per heavy atom. The highest BCUT2D eigenvalue weighted by atomic mass is 79.9. The molecule has 0 aliphatic rings. The molecule has 5 heteroatoms. The third kappa shape index (κ3) is 3.17. The molecule has 2 aromatic rings. The van der Waals surface area contributed by atoms with Crippen LogP contribution < -0.4 is 4.74 Å². The molecule has 0 spiro atoms. The number of halogens is 1. The summed E-state index contributed by atoms with van der Waals surface area (Å²) in [5.74, 6) is -0.0142. The first kappa shape index (κ1) is 13.7. The first-order valence-corrected chi connectivity index (χ1v) is 6.52. The lowest BCUT2D eigenvalue weighted by molar-refractivity contribution is 0.0655. The predicted molar refractivity (Wildman–Crippen MR) is 73.6 cm³/mol. The van der Waals surface area contributed by atoms with Gasteiger partial charge in [-0.1, -0.05) is 6.07 Å². The summed E-state index contributed by atoms with van der Waals surface area (Å²) in [7, 11) is 0. The molecule has 0 aliphatic heterocycles. The molecule has 1 unspecified atom stereocenters. The van der Waals surface area contributed by atoms with Crippen molar-refractivity contribution in [2.45, 2.75) is 20.0 Å². The Balaban J connectivity index is 2.15. The maximum Gasteiger partial charge on any atom is 0.371 e. The van der Waals surface area contributed by atoms with E-state index in [2.05, 4.69) is 15.9 Å². The summed E-state index contributed by atoms with van der Waals surface area (Å²) < 4.78 is 11.8. The number of aromatic carboxylic acids is 1. The van der Waals surface area contributed by atoms with Gasteiger partial charge in [0.1, 0.15) is 11.5 Å². The Kier molecular flexibility index (Phi) is 3.95. The van der Waals surface area contributed by atoms with Crippen LogP contribution in [0.25, 0.3) is 0 Å². The fourth-order valence-corrected chi connectivity index (χ4v) is 2.22. The van der Waals surface area contributed by atoms with Crippen LogP contribution in [-0.2, 0) is 0 Å². The molecule has 0 aliphatic carbocycles. The molecule has 4 nitrogen and oxygen atoms in total. The van der Waals surface area contributed by atoms with E-state index in [1.165, 1.54) is 6.07 Å². The van der Waals surface area contributed by atoms with E-state index in [1.54, 1.807) is 13.0 Å². The van der Waals surface area contributed by atoms with Gasteiger partial charge in [0.25, 0.3) is 0 Å². The number of hydrogen-bond donors (Lipinski definition) is 1. The summed E-state index contributed by atoms with van der Waals surface area (Å²) in [6.07, 6.45) is -0.368. The molecule has 0 bridgehead atoms. The van der Waals surface area contributed by atoms with Crippen molar-refractivity contribution in [3.05, 3.63) is 51.9 Å². The molecule has 1 atom stereocenters. The maximum absolute atomic E-state index is 10.7. The molecule has 0 radical (unpaired) electrons. The normalized spacial score (nSPS) is 12.2. The minimum Gasteiger partial charge on any atom is -0.482 e. The van der Waals surface area contributed by atoms with Crippen molar-refractivity contribution in [2.24, 2.45) is 0 Å². The van der Waals surface area contributed by atoms with Crippen molar-refractivity contribution in [3.8, 4) is 5.75 Å². The number of carboxylic acids is 1. The van der Waals surface area contributed by atoms with Crippen molar-refractivity contribution >= 4 is 21.9 Å². The summed E-state index contributed by atoms with van der Waals surface area (Å²) in [6, 6.07) is 8.78. The number of carbonyl (C=O) groups is 1. The number of benzene rings is 1. The Labute approximate surface area is 119 Å². The van der Waals surface area contributed by atoms with Gasteiger partial charge in [-0.2, -0.15) is 0 Å². The Bertz CT molecular complexity index is 603. The van der Waals surface area contributed by atoms with Crippen LogP contribution in [0.2, 0.25) is 0 Å². The van der Waals surface area contributed by atoms with Gasteiger partial charge in [-0.15, -0.1) is 0 Å². The maximum atomic E-state index is 10.7. The van der Waals surface area contributed by atoms with Crippen molar-refractivity contribution < 1.29 is 19.1 Å². The second kappa shape index (κ2) is 5.48. The van der Waals surface area contributed by atoms with E-state index >= 15 is 0 Å². The highest BCUT2D eigenvalue weighted by Crippen LogP contribution is 2.30. The third-order valence-electron chi connectivity index (χ3n) is 2.63. The van der Waals surface area contributed by atoms with Crippen LogP contribution >= 0.6 is 15.9 Å². The number of carboxylic acid groups (broad SMARTS) is 1. The van der Waals surface area contributed by atoms with Gasteiger partial charge in [-0.05, 0) is 59.6 Å². The molecule has 100 valence electrons. The summed E-state index contributed by atoms with van der Waals surface area (Å²) in [5.41, 5.74) is 1.12. The molecule has 2 rings (SSSR count). The zero-order valence-electron chi connectivity index (χ0n) is 10.5. The molecule has 0 saturated heterocycles. The van der Waals surface area contributed by atoms with E-state index in [0.717, 1.165) is 10.0 Å². The Hall–Kier alpha value is -1.75. The highest BCUT2D eigenvalue weighted by molar-refractivity contribution is 9.10. The fourth-order valence-electron chi connectivity index (χ4n) is 1.64. The van der Waals surface area contributed by atoms with Crippen LogP contribution in [0.1, 0.15) is 34.9 Å². The van der Waals surface area contributed by atoms with Gasteiger partial charge in [-0.25, -0.2) is 4.79 Å². The van der Waals surface area contributed by atoms with Crippen LogP contribution in [-0.4, -0.2) is 11.1 Å². The Morgan fingerprint density at radius 2 is 2.11 bits per heavy atom. The molecule has 1 aromatic carbocycles. The van der Waals surface area contributed by atoms with Crippen molar-refractivity contribution in [2.75, 3.05) is 0 Å². The number of hydrogen-bond acceptors (Lipinski definition) is 3. The monoisotopic (exact) mass is 324 g/mol. The van der Waals surface area contributed by atoms with Crippen LogP contribution in [0.3, 0.4) is 0 Å². The first-order valence-electron chi connectivity index (χ1n) is 5.73. The SMILES string of the molecule is Cc1ccc(OC(C)c2ccc(C(=O)O)o2)c(Br)c1. The molecule has 0 amide bonds. The minimum absolute atomic E-state index is 0.0894. The summed E-state index contributed by atoms with van der Waals surface area (Å²) in [5, 5.41) is 8.80. The quantitative estimate of drug-likeness (QED) is 0.916. The molecular formula is C14H13BrO4. The Morgan fingerprint density at radius 3 is 2.68 bits per heavy atom. The van der Waals surface area contributed by atoms with Crippen LogP contribution in [0.15, 0.2) is 39.2 Å². The van der Waals surface area contributed by atoms with E-state index in [0.29, 0.717) is 11.5 Å². The van der Waals surface area contributed by atoms with Crippen molar-refractivity contribution in [1.82, 2.24) is 0 Å². The zero-order chi connectivity index (χ0) is 14.0. The lowest BCUT2D eigenvalue weighted by Crippen LogP contribution is -2.02. The average molecular weight is 325 g/mol. The first-order chi connectivity index (χ1) is 8.97. The lowest BCUT2D eigenvalue weighted by Gasteiger charge is -2.14. The molecule has 0 fully saturated rings. The van der Waals surface area contributed by atoms with Gasteiger partial charge in [0.2, 0.25) is 5.76 Å². The summed E-state index contributed by atoms with van der Waals surface area (Å²) in [4.78, 5) is 10.7. The lowest BCUT2D eigenvalue weighted by atomic mass is 10.2. The number of furan rings is 1. The van der Waals surface area contributed by atoms with Gasteiger partial charge in [0.15, 0.2) is 6.10 Å². The second-order valence-corrected chi connectivity index (χ2v) is 5.06. The molecule has 19 heavy (non-hydrogen) atoms.